The van der Waals surface area contributed by atoms with Crippen molar-refractivity contribution in [2.24, 2.45) is 0 Å². The molecule has 0 unspecified atom stereocenters. The van der Waals surface area contributed by atoms with Crippen LogP contribution in [0, 0.1) is 0 Å². The van der Waals surface area contributed by atoms with Crippen LogP contribution in [0.3, 0.4) is 0 Å². The van der Waals surface area contributed by atoms with Gasteiger partial charge >= 0.3 is 6.09 Å². The third-order valence-electron chi connectivity index (χ3n) is 3.43. The van der Waals surface area contributed by atoms with E-state index < -0.39 is 6.09 Å². The third kappa shape index (κ3) is 11.1. The molecule has 138 valence electrons. The second-order valence-electron chi connectivity index (χ2n) is 6.01. The Bertz CT molecular complexity index is 456. The minimum atomic E-state index is -0.428. The lowest BCUT2D eigenvalue weighted by atomic mass is 10.2. The van der Waals surface area contributed by atoms with Crippen molar-refractivity contribution in [3.63, 3.8) is 0 Å². The smallest absolute Gasteiger partial charge is 0.411 e. The molecule has 0 heterocycles. The number of anilines is 1. The lowest BCUT2D eigenvalue weighted by molar-refractivity contribution is -0.858. The van der Waals surface area contributed by atoms with Gasteiger partial charge in [-0.3, -0.25) is 5.32 Å². The van der Waals surface area contributed by atoms with Crippen molar-refractivity contribution in [1.82, 2.24) is 0 Å². The zero-order valence-electron chi connectivity index (χ0n) is 15.1. The van der Waals surface area contributed by atoms with E-state index in [1.54, 1.807) is 0 Å². The first-order valence-corrected chi connectivity index (χ1v) is 8.57. The van der Waals surface area contributed by atoms with Gasteiger partial charge in [-0.15, -0.1) is 0 Å². The van der Waals surface area contributed by atoms with E-state index in [0.29, 0.717) is 18.9 Å². The van der Waals surface area contributed by atoms with Gasteiger partial charge in [-0.2, -0.15) is 0 Å². The molecule has 0 aliphatic carbocycles. The topological polar surface area (TPSA) is 52.0 Å². The molecule has 5 nitrogen and oxygen atoms in total. The van der Waals surface area contributed by atoms with Gasteiger partial charge in [0.05, 0.1) is 20.7 Å². The van der Waals surface area contributed by atoms with Gasteiger partial charge in [0.25, 0.3) is 0 Å². The summed E-state index contributed by atoms with van der Waals surface area (Å²) in [5, 5.41) is 2.72. The molecule has 0 bridgehead atoms. The fraction of sp³-hybridized carbons (Fsp3) is 0.611. The Labute approximate surface area is 152 Å². The number of carbonyl (C=O) groups excluding carboxylic acids is 1. The molecule has 0 spiro atoms. The van der Waals surface area contributed by atoms with Crippen molar-refractivity contribution >= 4 is 11.8 Å². The quantitative estimate of drug-likeness (QED) is 0.536. The van der Waals surface area contributed by atoms with Gasteiger partial charge < -0.3 is 26.8 Å². The van der Waals surface area contributed by atoms with E-state index in [1.165, 1.54) is 30.6 Å². The van der Waals surface area contributed by atoms with Gasteiger partial charge in [0.15, 0.2) is 0 Å². The first-order valence-electron chi connectivity index (χ1n) is 8.57. The zero-order valence-corrected chi connectivity index (χ0v) is 15.8. The third-order valence-corrected chi connectivity index (χ3v) is 3.43. The molecule has 6 heteroatoms. The summed E-state index contributed by atoms with van der Waals surface area (Å²) in [6.45, 7) is 4.11. The summed E-state index contributed by atoms with van der Waals surface area (Å²) in [5.74, 6) is 0.774. The number of quaternary nitrogens is 1. The molecule has 0 fully saturated rings. The van der Waals surface area contributed by atoms with E-state index in [2.05, 4.69) is 12.2 Å². The molecule has 0 aliphatic heterocycles. The molecule has 0 aromatic heterocycles. The van der Waals surface area contributed by atoms with Gasteiger partial charge in [-0.1, -0.05) is 38.7 Å². The van der Waals surface area contributed by atoms with Crippen molar-refractivity contribution < 1.29 is 31.6 Å². The van der Waals surface area contributed by atoms with Crippen LogP contribution in [0.25, 0.3) is 0 Å². The number of likely N-dealkylation sites (N-methyl/N-ethyl adjacent to an activating group) is 1. The maximum atomic E-state index is 11.7. The van der Waals surface area contributed by atoms with E-state index in [9.17, 15) is 4.79 Å². The Morgan fingerprint density at radius 2 is 1.88 bits per heavy atom. The summed E-state index contributed by atoms with van der Waals surface area (Å²) in [6, 6.07) is 7.42. The van der Waals surface area contributed by atoms with Crippen LogP contribution in [0.15, 0.2) is 24.3 Å². The summed E-state index contributed by atoms with van der Waals surface area (Å²) in [6.07, 6.45) is 5.64. The summed E-state index contributed by atoms with van der Waals surface area (Å²) in [7, 11) is 4.04. The lowest BCUT2D eigenvalue weighted by Gasteiger charge is -2.10. The molecule has 24 heavy (non-hydrogen) atoms. The first kappa shape index (κ1) is 22.5. The highest BCUT2D eigenvalue weighted by Crippen LogP contribution is 2.18. The van der Waals surface area contributed by atoms with Crippen molar-refractivity contribution in [1.29, 1.82) is 0 Å². The molecule has 1 rings (SSSR count). The number of hydrogen-bond donors (Lipinski definition) is 2. The molecule has 0 atom stereocenters. The maximum Gasteiger partial charge on any atom is 0.411 e. The second-order valence-corrected chi connectivity index (χ2v) is 6.01. The van der Waals surface area contributed by atoms with Gasteiger partial charge in [0, 0.05) is 11.8 Å². The van der Waals surface area contributed by atoms with Crippen LogP contribution in [-0.2, 0) is 4.74 Å². The van der Waals surface area contributed by atoms with E-state index in [-0.39, 0.29) is 12.4 Å². The maximum absolute atomic E-state index is 11.7. The van der Waals surface area contributed by atoms with Crippen LogP contribution in [0.2, 0.25) is 0 Å². The molecular formula is C18H31ClN2O3. The van der Waals surface area contributed by atoms with Crippen LogP contribution in [0.5, 0.6) is 5.75 Å². The van der Waals surface area contributed by atoms with Gasteiger partial charge in [0.1, 0.15) is 18.9 Å². The van der Waals surface area contributed by atoms with Crippen molar-refractivity contribution in [3.8, 4) is 5.75 Å². The molecule has 0 saturated carbocycles. The van der Waals surface area contributed by atoms with E-state index >= 15 is 0 Å². The number of unbranched alkanes of at least 4 members (excludes halogenated alkanes) is 4. The Morgan fingerprint density at radius 3 is 2.58 bits per heavy atom. The number of carbonyl (C=O) groups is 1. The molecule has 2 N–H and O–H groups in total. The fourth-order valence-electron chi connectivity index (χ4n) is 2.06. The minimum Gasteiger partial charge on any atom is -1.00 e. The number of benzene rings is 1. The van der Waals surface area contributed by atoms with Gasteiger partial charge in [0.2, 0.25) is 0 Å². The zero-order chi connectivity index (χ0) is 16.9. The monoisotopic (exact) mass is 358 g/mol. The highest BCUT2D eigenvalue weighted by molar-refractivity contribution is 5.84. The number of ether oxygens (including phenoxy) is 2. The first-order chi connectivity index (χ1) is 11.1. The van der Waals surface area contributed by atoms with Crippen molar-refractivity contribution in [2.75, 3.05) is 39.2 Å². The fourth-order valence-corrected chi connectivity index (χ4v) is 2.06. The molecule has 1 aromatic rings. The molecule has 0 aliphatic rings. The summed E-state index contributed by atoms with van der Waals surface area (Å²) in [5.41, 5.74) is 0.690. The Balaban J connectivity index is 0.00000529. The molecular weight excluding hydrogens is 328 g/mol. The summed E-state index contributed by atoms with van der Waals surface area (Å²) in [4.78, 5) is 12.9. The van der Waals surface area contributed by atoms with Crippen LogP contribution in [0.4, 0.5) is 10.5 Å². The number of halogens is 1. The average Bonchev–Trinajstić information content (AvgIpc) is 2.51. The number of rotatable bonds is 11. The van der Waals surface area contributed by atoms with Crippen molar-refractivity contribution in [3.05, 3.63) is 24.3 Å². The predicted octanol–water partition coefficient (Wildman–Crippen LogP) is -0.267. The van der Waals surface area contributed by atoms with Crippen LogP contribution in [-0.4, -0.2) is 39.9 Å². The summed E-state index contributed by atoms with van der Waals surface area (Å²) < 4.78 is 10.8. The largest absolute Gasteiger partial charge is 1.00 e. The standard InChI is InChI=1S/C18H30N2O3.ClH/c1-4-5-6-7-8-13-22-17-11-9-10-16(15-17)19-18(21)23-14-12-20(2)3;/h9-11,15H,4-8,12-14H2,1-3H3,(H,19,21);1H. The van der Waals surface area contributed by atoms with Gasteiger partial charge in [-0.25, -0.2) is 4.79 Å². The number of hydrogen-bond acceptors (Lipinski definition) is 3. The highest BCUT2D eigenvalue weighted by Gasteiger charge is 2.05. The molecule has 1 amide bonds. The SMILES string of the molecule is CCCCCCCOc1cccc(NC(=O)OCC[NH+](C)C)c1.[Cl-]. The lowest BCUT2D eigenvalue weighted by Crippen LogP contribution is -3.06. The van der Waals surface area contributed by atoms with E-state index in [1.807, 2.05) is 38.4 Å². The number of amides is 1. The predicted molar refractivity (Wildman–Crippen MR) is 93.3 cm³/mol. The highest BCUT2D eigenvalue weighted by atomic mass is 35.5. The van der Waals surface area contributed by atoms with Crippen LogP contribution in [0.1, 0.15) is 39.0 Å². The average molecular weight is 359 g/mol. The summed E-state index contributed by atoms with van der Waals surface area (Å²) >= 11 is 0. The van der Waals surface area contributed by atoms with Crippen LogP contribution >= 0.6 is 0 Å². The van der Waals surface area contributed by atoms with Crippen molar-refractivity contribution in [2.45, 2.75) is 39.0 Å². The Hall–Kier alpha value is -1.46. The van der Waals surface area contributed by atoms with E-state index in [4.69, 9.17) is 9.47 Å². The van der Waals surface area contributed by atoms with E-state index in [0.717, 1.165) is 18.7 Å². The molecule has 1 aromatic carbocycles. The molecule has 0 saturated heterocycles. The number of nitrogens with one attached hydrogen (secondary N) is 2. The second kappa shape index (κ2) is 13.9. The minimum absolute atomic E-state index is 0. The Morgan fingerprint density at radius 1 is 1.12 bits per heavy atom. The Kier molecular flexibility index (Phi) is 13.1. The normalized spacial score (nSPS) is 10.2. The molecule has 0 radical (unpaired) electrons. The van der Waals surface area contributed by atoms with Crippen LogP contribution < -0.4 is 27.4 Å². The van der Waals surface area contributed by atoms with Gasteiger partial charge in [-0.05, 0) is 18.6 Å².